The molecule has 0 aliphatic carbocycles. The molecule has 0 spiro atoms. The van der Waals surface area contributed by atoms with Crippen LogP contribution in [0.2, 0.25) is 0 Å². The van der Waals surface area contributed by atoms with Crippen LogP contribution in [-0.2, 0) is 5.75 Å². The standard InChI is InChI=1S/C28H26FNO4S/c29-24-3-1-2-4-27(24)35-16-18-5-7-19(8-6-18)28(31)30-20-9-10-21(30)14-23(13-20)34-22-11-12-25-26(15-22)33-17-32-25/h1-8,11-12,15,20-21,23H,9-10,13-14,16-17H2. The predicted octanol–water partition coefficient (Wildman–Crippen LogP) is 6.06. The van der Waals surface area contributed by atoms with E-state index >= 15 is 0 Å². The number of amides is 1. The van der Waals surface area contributed by atoms with Crippen LogP contribution in [-0.4, -0.2) is 35.8 Å². The zero-order valence-electron chi connectivity index (χ0n) is 19.2. The zero-order valence-corrected chi connectivity index (χ0v) is 20.0. The summed E-state index contributed by atoms with van der Waals surface area (Å²) in [7, 11) is 0. The second kappa shape index (κ2) is 9.46. The molecule has 0 N–H and O–H groups in total. The molecule has 2 saturated heterocycles. The number of fused-ring (bicyclic) bond motifs is 3. The molecule has 0 saturated carbocycles. The van der Waals surface area contributed by atoms with Gasteiger partial charge in [-0.2, -0.15) is 0 Å². The molecule has 0 aromatic heterocycles. The Morgan fingerprint density at radius 1 is 0.971 bits per heavy atom. The molecule has 3 aliphatic rings. The minimum absolute atomic E-state index is 0.0784. The van der Waals surface area contributed by atoms with Crippen molar-refractivity contribution in [3.63, 3.8) is 0 Å². The maximum Gasteiger partial charge on any atom is 0.254 e. The van der Waals surface area contributed by atoms with Gasteiger partial charge in [0.15, 0.2) is 11.5 Å². The van der Waals surface area contributed by atoms with E-state index in [1.54, 1.807) is 12.1 Å². The van der Waals surface area contributed by atoms with E-state index in [-0.39, 0.29) is 36.7 Å². The van der Waals surface area contributed by atoms with E-state index in [4.69, 9.17) is 14.2 Å². The van der Waals surface area contributed by atoms with Crippen LogP contribution >= 0.6 is 11.8 Å². The normalized spacial score (nSPS) is 22.3. The zero-order chi connectivity index (χ0) is 23.8. The molecule has 180 valence electrons. The molecule has 5 nitrogen and oxygen atoms in total. The molecule has 2 bridgehead atoms. The van der Waals surface area contributed by atoms with Gasteiger partial charge < -0.3 is 19.1 Å². The summed E-state index contributed by atoms with van der Waals surface area (Å²) in [6.07, 6.45) is 3.75. The van der Waals surface area contributed by atoms with Gasteiger partial charge in [-0.05, 0) is 54.8 Å². The minimum atomic E-state index is -0.203. The van der Waals surface area contributed by atoms with Crippen LogP contribution in [0.1, 0.15) is 41.6 Å². The Balaban J connectivity index is 1.08. The Labute approximate surface area is 208 Å². The van der Waals surface area contributed by atoms with E-state index in [0.717, 1.165) is 42.7 Å². The minimum Gasteiger partial charge on any atom is -0.490 e. The molecule has 0 radical (unpaired) electrons. The Morgan fingerprint density at radius 2 is 1.71 bits per heavy atom. The van der Waals surface area contributed by atoms with Crippen LogP contribution in [0.4, 0.5) is 4.39 Å². The lowest BCUT2D eigenvalue weighted by Gasteiger charge is -2.39. The van der Waals surface area contributed by atoms with Gasteiger partial charge in [-0.15, -0.1) is 11.8 Å². The molecule has 3 aromatic carbocycles. The van der Waals surface area contributed by atoms with Gasteiger partial charge >= 0.3 is 0 Å². The third-order valence-electron chi connectivity index (χ3n) is 7.00. The molecule has 1 amide bonds. The number of ether oxygens (including phenoxy) is 3. The largest absolute Gasteiger partial charge is 0.490 e. The molecule has 2 fully saturated rings. The first kappa shape index (κ1) is 22.3. The summed E-state index contributed by atoms with van der Waals surface area (Å²) in [5.41, 5.74) is 1.77. The van der Waals surface area contributed by atoms with Crippen molar-refractivity contribution < 1.29 is 23.4 Å². The second-order valence-electron chi connectivity index (χ2n) is 9.24. The number of carbonyl (C=O) groups excluding carboxylic acids is 1. The Bertz CT molecular complexity index is 1220. The van der Waals surface area contributed by atoms with Crippen molar-refractivity contribution in [1.82, 2.24) is 4.90 Å². The lowest BCUT2D eigenvalue weighted by Crippen LogP contribution is -2.49. The maximum atomic E-state index is 13.9. The number of hydrogen-bond acceptors (Lipinski definition) is 5. The van der Waals surface area contributed by atoms with Crippen LogP contribution in [0.15, 0.2) is 71.6 Å². The molecular formula is C28H26FNO4S. The monoisotopic (exact) mass is 491 g/mol. The smallest absolute Gasteiger partial charge is 0.254 e. The fraction of sp³-hybridized carbons (Fsp3) is 0.321. The van der Waals surface area contributed by atoms with Crippen molar-refractivity contribution in [2.75, 3.05) is 6.79 Å². The average Bonchev–Trinajstić information content (AvgIpc) is 3.45. The highest BCUT2D eigenvalue weighted by atomic mass is 32.2. The third kappa shape index (κ3) is 4.57. The molecule has 3 aromatic rings. The fourth-order valence-corrected chi connectivity index (χ4v) is 6.21. The van der Waals surface area contributed by atoms with Gasteiger partial charge in [-0.3, -0.25) is 4.79 Å². The van der Waals surface area contributed by atoms with E-state index < -0.39 is 0 Å². The van der Waals surface area contributed by atoms with Crippen LogP contribution in [0.25, 0.3) is 0 Å². The summed E-state index contributed by atoms with van der Waals surface area (Å²) >= 11 is 1.46. The Kier molecular flexibility index (Phi) is 6.02. The first-order chi connectivity index (χ1) is 17.1. The third-order valence-corrected chi connectivity index (χ3v) is 8.12. The maximum absolute atomic E-state index is 13.9. The molecule has 2 atom stereocenters. The van der Waals surface area contributed by atoms with E-state index in [0.29, 0.717) is 22.0 Å². The van der Waals surface area contributed by atoms with Crippen molar-refractivity contribution in [1.29, 1.82) is 0 Å². The first-order valence-corrected chi connectivity index (χ1v) is 13.0. The van der Waals surface area contributed by atoms with E-state index in [9.17, 15) is 9.18 Å². The Morgan fingerprint density at radius 3 is 2.49 bits per heavy atom. The van der Waals surface area contributed by atoms with Gasteiger partial charge in [-0.1, -0.05) is 24.3 Å². The Hall–Kier alpha value is -3.19. The van der Waals surface area contributed by atoms with Crippen LogP contribution in [0.3, 0.4) is 0 Å². The molecule has 3 aliphatic heterocycles. The van der Waals surface area contributed by atoms with Gasteiger partial charge in [0.1, 0.15) is 17.7 Å². The highest BCUT2D eigenvalue weighted by Crippen LogP contribution is 2.40. The van der Waals surface area contributed by atoms with Gasteiger partial charge in [0.05, 0.1) is 0 Å². The summed E-state index contributed by atoms with van der Waals surface area (Å²) in [6.45, 7) is 0.245. The van der Waals surface area contributed by atoms with Crippen molar-refractivity contribution >= 4 is 17.7 Å². The van der Waals surface area contributed by atoms with Crippen molar-refractivity contribution in [3.05, 3.63) is 83.7 Å². The SMILES string of the molecule is O=C(c1ccc(CSc2ccccc2F)cc1)N1C2CCC1CC(Oc1ccc3c(c1)OCO3)C2. The first-order valence-electron chi connectivity index (χ1n) is 12.0. The summed E-state index contributed by atoms with van der Waals surface area (Å²) in [5, 5.41) is 0. The lowest BCUT2D eigenvalue weighted by atomic mass is 9.98. The highest BCUT2D eigenvalue weighted by Gasteiger charge is 2.44. The number of rotatable bonds is 6. The molecule has 6 rings (SSSR count). The van der Waals surface area contributed by atoms with Gasteiger partial charge in [0.2, 0.25) is 6.79 Å². The average molecular weight is 492 g/mol. The number of piperidine rings is 1. The molecule has 35 heavy (non-hydrogen) atoms. The fourth-order valence-electron chi connectivity index (χ4n) is 5.31. The molecule has 3 heterocycles. The van der Waals surface area contributed by atoms with Crippen LogP contribution in [0, 0.1) is 5.82 Å². The molecule has 7 heteroatoms. The number of nitrogens with zero attached hydrogens (tertiary/aromatic N) is 1. The number of thioether (sulfide) groups is 1. The number of benzene rings is 3. The van der Waals surface area contributed by atoms with Crippen molar-refractivity contribution in [2.24, 2.45) is 0 Å². The predicted molar refractivity (Wildman–Crippen MR) is 132 cm³/mol. The topological polar surface area (TPSA) is 48.0 Å². The van der Waals surface area contributed by atoms with Gasteiger partial charge in [0.25, 0.3) is 5.91 Å². The molecular weight excluding hydrogens is 465 g/mol. The number of hydrogen-bond donors (Lipinski definition) is 0. The summed E-state index contributed by atoms with van der Waals surface area (Å²) in [4.78, 5) is 16.1. The summed E-state index contributed by atoms with van der Waals surface area (Å²) in [5.74, 6) is 2.78. The molecule has 2 unspecified atom stereocenters. The van der Waals surface area contributed by atoms with Gasteiger partial charge in [0, 0.05) is 47.2 Å². The van der Waals surface area contributed by atoms with E-state index in [2.05, 4.69) is 4.90 Å². The van der Waals surface area contributed by atoms with Gasteiger partial charge in [-0.25, -0.2) is 4.39 Å². The second-order valence-corrected chi connectivity index (χ2v) is 10.3. The summed E-state index contributed by atoms with van der Waals surface area (Å²) in [6, 6.07) is 20.6. The van der Waals surface area contributed by atoms with Crippen molar-refractivity contribution in [3.8, 4) is 17.2 Å². The quantitative estimate of drug-likeness (QED) is 0.392. The van der Waals surface area contributed by atoms with Crippen LogP contribution in [0.5, 0.6) is 17.2 Å². The van der Waals surface area contributed by atoms with Crippen molar-refractivity contribution in [2.45, 2.75) is 54.5 Å². The van der Waals surface area contributed by atoms with Crippen LogP contribution < -0.4 is 14.2 Å². The number of halogens is 1. The lowest BCUT2D eigenvalue weighted by molar-refractivity contribution is 0.0358. The summed E-state index contributed by atoms with van der Waals surface area (Å²) < 4.78 is 31.0. The number of carbonyl (C=O) groups is 1. The van der Waals surface area contributed by atoms with E-state index in [1.165, 1.54) is 17.8 Å². The van der Waals surface area contributed by atoms with E-state index in [1.807, 2.05) is 48.5 Å². The highest BCUT2D eigenvalue weighted by molar-refractivity contribution is 7.98.